The van der Waals surface area contributed by atoms with E-state index in [4.69, 9.17) is 42.6 Å². The largest absolute Gasteiger partial charge is 0.471 e. The molecule has 0 aromatic carbocycles. The fraction of sp³-hybridized carbons (Fsp3) is 0.676. The molecule has 0 bridgehead atoms. The Hall–Kier alpha value is -3.55. The average molecular weight is 787 g/mol. The first-order valence-electron chi connectivity index (χ1n) is 17.5. The summed E-state index contributed by atoms with van der Waals surface area (Å²) in [6.45, 7) is -1.28. The van der Waals surface area contributed by atoms with Gasteiger partial charge in [-0.3, -0.25) is 4.79 Å². The minimum atomic E-state index is -1.94. The molecule has 7 rings (SSSR count). The first kappa shape index (κ1) is 39.7. The minimum Gasteiger partial charge on any atom is -0.471 e. The lowest BCUT2D eigenvalue weighted by Crippen LogP contribution is -2.61. The van der Waals surface area contributed by atoms with Crippen molar-refractivity contribution in [2.45, 2.75) is 93.1 Å². The maximum Gasteiger partial charge on any atom is 0.338 e. The molecule has 21 nitrogen and oxygen atoms in total. The van der Waals surface area contributed by atoms with Crippen LogP contribution < -0.4 is 0 Å². The lowest BCUT2D eigenvalue weighted by molar-refractivity contribution is -0.342. The SMILES string of the molecule is CC(=O)OCC1=C[C@H](O)[C@@H]2C(C(=O)O[C@H]3[C@H](O[C@@H]4OC=C5C(=O)O[C@H]6C=C(CO)[C@H]4[C@H]56)O[C@H](CO)[C@@H](O)[C@@H]3O)=CO[C@@H](O[C@@H]3O[C@H](CO)[C@@H](O)[C@H](O)[C@H]3O)[C@H]12. The van der Waals surface area contributed by atoms with Gasteiger partial charge >= 0.3 is 17.9 Å². The standard InChI is InChI=1S/C34H42O21/c1-10(38)47-7-12-2-15(39)21-13(8-48-32(20(12)21)54-33-27(44)25(42)23(40)17(5-36)51-33)30(46)53-28-26(43)24(41)18(6-37)52-34(28)55-31-19-11(4-35)3-16-22(19)14(9-49-31)29(45)50-16/h2-3,8-9,15-28,31-37,39-44H,4-7H2,1H3/t15-,16-,17+,18+,19-,20+,21-,22+,23+,24+,25-,26-,27+,28+,31-,32-,33-,34-/m0/s1. The molecule has 0 unspecified atom stereocenters. The highest BCUT2D eigenvalue weighted by molar-refractivity contribution is 5.92. The Kier molecular flexibility index (Phi) is 11.4. The molecule has 5 heterocycles. The number of hydrogen-bond donors (Lipinski definition) is 9. The van der Waals surface area contributed by atoms with Gasteiger partial charge in [0.25, 0.3) is 0 Å². The molecule has 0 radical (unpaired) electrons. The van der Waals surface area contributed by atoms with Crippen LogP contribution in [0.15, 0.2) is 47.0 Å². The molecule has 21 heteroatoms. The van der Waals surface area contributed by atoms with Crippen molar-refractivity contribution >= 4 is 17.9 Å². The van der Waals surface area contributed by atoms with Gasteiger partial charge in [0, 0.05) is 18.8 Å². The quantitative estimate of drug-likeness (QED) is 0.0537. The van der Waals surface area contributed by atoms with E-state index in [-0.39, 0.29) is 16.7 Å². The Morgan fingerprint density at radius 3 is 1.98 bits per heavy atom. The molecule has 0 amide bonds. The van der Waals surface area contributed by atoms with E-state index in [1.807, 2.05) is 0 Å². The molecular formula is C34H42O21. The van der Waals surface area contributed by atoms with E-state index >= 15 is 0 Å². The molecule has 9 N–H and O–H groups in total. The van der Waals surface area contributed by atoms with Gasteiger partial charge < -0.3 is 88.6 Å². The number of aliphatic hydroxyl groups excluding tert-OH is 9. The third-order valence-corrected chi connectivity index (χ3v) is 10.9. The summed E-state index contributed by atoms with van der Waals surface area (Å²) in [6, 6.07) is 0. The molecule has 3 fully saturated rings. The number of aliphatic hydroxyl groups is 9. The smallest absolute Gasteiger partial charge is 0.338 e. The second-order valence-corrected chi connectivity index (χ2v) is 14.1. The van der Waals surface area contributed by atoms with E-state index in [2.05, 4.69) is 0 Å². The van der Waals surface area contributed by atoms with Crippen LogP contribution in [-0.2, 0) is 57.0 Å². The number of carbonyl (C=O) groups excluding carboxylic acids is 3. The predicted molar refractivity (Wildman–Crippen MR) is 169 cm³/mol. The lowest BCUT2D eigenvalue weighted by Gasteiger charge is -2.44. The summed E-state index contributed by atoms with van der Waals surface area (Å²) in [5.41, 5.74) is 0.459. The number of hydrogen-bond acceptors (Lipinski definition) is 21. The monoisotopic (exact) mass is 786 g/mol. The molecule has 0 saturated carbocycles. The molecule has 0 aromatic heterocycles. The lowest BCUT2D eigenvalue weighted by atomic mass is 9.82. The summed E-state index contributed by atoms with van der Waals surface area (Å²) in [5, 5.41) is 93.9. The van der Waals surface area contributed by atoms with Gasteiger partial charge in [0.15, 0.2) is 12.4 Å². The topological polar surface area (TPSA) is 316 Å². The van der Waals surface area contributed by atoms with Crippen LogP contribution in [0.4, 0.5) is 0 Å². The summed E-state index contributed by atoms with van der Waals surface area (Å²) < 4.78 is 50.7. The fourth-order valence-electron chi connectivity index (χ4n) is 8.10. The molecule has 2 aliphatic carbocycles. The van der Waals surface area contributed by atoms with Crippen LogP contribution in [-0.4, -0.2) is 176 Å². The van der Waals surface area contributed by atoms with E-state index in [0.717, 1.165) is 19.4 Å². The molecular weight excluding hydrogens is 744 g/mol. The summed E-state index contributed by atoms with van der Waals surface area (Å²) in [6.07, 6.45) is -17.3. The van der Waals surface area contributed by atoms with Crippen LogP contribution in [0.25, 0.3) is 0 Å². The minimum absolute atomic E-state index is 0.197. The van der Waals surface area contributed by atoms with Crippen molar-refractivity contribution in [3.63, 3.8) is 0 Å². The molecule has 0 spiro atoms. The Labute approximate surface area is 311 Å². The van der Waals surface area contributed by atoms with Crippen LogP contribution in [0.2, 0.25) is 0 Å². The zero-order chi connectivity index (χ0) is 39.5. The van der Waals surface area contributed by atoms with Gasteiger partial charge in [-0.15, -0.1) is 0 Å². The molecule has 3 saturated heterocycles. The molecule has 7 aliphatic rings. The maximum absolute atomic E-state index is 14.0. The molecule has 304 valence electrons. The summed E-state index contributed by atoms with van der Waals surface area (Å²) in [7, 11) is 0. The summed E-state index contributed by atoms with van der Waals surface area (Å²) >= 11 is 0. The van der Waals surface area contributed by atoms with Gasteiger partial charge in [-0.1, -0.05) is 6.08 Å². The van der Waals surface area contributed by atoms with E-state index in [1.165, 1.54) is 6.08 Å². The van der Waals surface area contributed by atoms with Crippen LogP contribution >= 0.6 is 0 Å². The molecule has 18 atom stereocenters. The van der Waals surface area contributed by atoms with Crippen molar-refractivity contribution in [2.24, 2.45) is 23.7 Å². The Morgan fingerprint density at radius 1 is 0.709 bits per heavy atom. The zero-order valence-electron chi connectivity index (χ0n) is 29.0. The van der Waals surface area contributed by atoms with Crippen molar-refractivity contribution in [3.8, 4) is 0 Å². The van der Waals surface area contributed by atoms with Crippen molar-refractivity contribution in [3.05, 3.63) is 47.0 Å². The predicted octanol–water partition coefficient (Wildman–Crippen LogP) is -5.16. The van der Waals surface area contributed by atoms with Crippen molar-refractivity contribution in [2.75, 3.05) is 26.4 Å². The highest BCUT2D eigenvalue weighted by atomic mass is 16.8. The highest BCUT2D eigenvalue weighted by Crippen LogP contribution is 2.50. The molecule has 55 heavy (non-hydrogen) atoms. The normalized spacial score (nSPS) is 44.4. The maximum atomic E-state index is 14.0. The Bertz CT molecular complexity index is 1620. The van der Waals surface area contributed by atoms with Crippen LogP contribution in [0, 0.1) is 23.7 Å². The third-order valence-electron chi connectivity index (χ3n) is 10.9. The van der Waals surface area contributed by atoms with Gasteiger partial charge in [-0.05, 0) is 17.2 Å². The van der Waals surface area contributed by atoms with Gasteiger partial charge in [-0.25, -0.2) is 9.59 Å². The molecule has 0 aromatic rings. The summed E-state index contributed by atoms with van der Waals surface area (Å²) in [5.74, 6) is -6.35. The van der Waals surface area contributed by atoms with Gasteiger partial charge in [0.1, 0.15) is 55.4 Å². The number of rotatable bonds is 11. The Balaban J connectivity index is 1.14. The van der Waals surface area contributed by atoms with Crippen molar-refractivity contribution < 1.29 is 103 Å². The number of esters is 3. The zero-order valence-corrected chi connectivity index (χ0v) is 29.0. The van der Waals surface area contributed by atoms with Crippen molar-refractivity contribution in [1.82, 2.24) is 0 Å². The first-order valence-corrected chi connectivity index (χ1v) is 17.5. The second kappa shape index (κ2) is 15.8. The average Bonchev–Trinajstić information content (AvgIpc) is 3.81. The fourth-order valence-corrected chi connectivity index (χ4v) is 8.10. The van der Waals surface area contributed by atoms with E-state index < -0.39 is 154 Å². The van der Waals surface area contributed by atoms with E-state index in [0.29, 0.717) is 5.57 Å². The van der Waals surface area contributed by atoms with Crippen molar-refractivity contribution in [1.29, 1.82) is 0 Å². The van der Waals surface area contributed by atoms with Crippen LogP contribution in [0.3, 0.4) is 0 Å². The highest BCUT2D eigenvalue weighted by Gasteiger charge is 2.58. The first-order chi connectivity index (χ1) is 26.3. The number of carbonyl (C=O) groups is 3. The van der Waals surface area contributed by atoms with Crippen LogP contribution in [0.5, 0.6) is 0 Å². The van der Waals surface area contributed by atoms with E-state index in [1.54, 1.807) is 6.08 Å². The molecule has 5 aliphatic heterocycles. The Morgan fingerprint density at radius 2 is 1.33 bits per heavy atom. The van der Waals surface area contributed by atoms with Gasteiger partial charge in [0.2, 0.25) is 18.9 Å². The van der Waals surface area contributed by atoms with E-state index in [9.17, 15) is 60.3 Å². The second-order valence-electron chi connectivity index (χ2n) is 14.1. The number of fused-ring (bicyclic) bond motifs is 1. The third kappa shape index (κ3) is 7.07. The summed E-state index contributed by atoms with van der Waals surface area (Å²) in [4.78, 5) is 38.1. The van der Waals surface area contributed by atoms with Gasteiger partial charge in [0.05, 0.1) is 61.4 Å². The number of ether oxygens (including phenoxy) is 9. The van der Waals surface area contributed by atoms with Crippen LogP contribution in [0.1, 0.15) is 6.92 Å². The van der Waals surface area contributed by atoms with Gasteiger partial charge in [-0.2, -0.15) is 0 Å².